The van der Waals surface area contributed by atoms with Crippen LogP contribution in [0.3, 0.4) is 0 Å². The molecule has 2 bridgehead atoms. The van der Waals surface area contributed by atoms with Crippen LogP contribution >= 0.6 is 0 Å². The first kappa shape index (κ1) is 31.3. The molecule has 0 aliphatic carbocycles. The number of hydrogen-bond donors (Lipinski definition) is 3. The van der Waals surface area contributed by atoms with Crippen LogP contribution in [0, 0.1) is 11.3 Å². The fourth-order valence-electron chi connectivity index (χ4n) is 5.17. The number of nitrogens with zero attached hydrogens (tertiary/aromatic N) is 2. The van der Waals surface area contributed by atoms with Crippen LogP contribution in [0.2, 0.25) is 0 Å². The van der Waals surface area contributed by atoms with Gasteiger partial charge in [0.1, 0.15) is 11.9 Å². The molecule has 8 nitrogen and oxygen atoms in total. The van der Waals surface area contributed by atoms with E-state index in [0.717, 1.165) is 49.5 Å². The van der Waals surface area contributed by atoms with Gasteiger partial charge in [-0.2, -0.15) is 0 Å². The van der Waals surface area contributed by atoms with Gasteiger partial charge in [-0.1, -0.05) is 34.3 Å². The second kappa shape index (κ2) is 14.4. The average molecular weight is 558 g/mol. The van der Waals surface area contributed by atoms with E-state index in [0.29, 0.717) is 28.9 Å². The first-order chi connectivity index (χ1) is 19.2. The Bertz CT molecular complexity index is 1290. The van der Waals surface area contributed by atoms with E-state index in [1.54, 1.807) is 24.4 Å². The predicted octanol–water partition coefficient (Wildman–Crippen LogP) is 5.84. The number of rotatable bonds is 8. The number of nitrogens with two attached hydrogens (primary N) is 1. The minimum atomic E-state index is -0.256. The van der Waals surface area contributed by atoms with Gasteiger partial charge in [0.15, 0.2) is 0 Å². The number of piperidine rings is 1. The van der Waals surface area contributed by atoms with Crippen molar-refractivity contribution in [2.45, 2.75) is 78.6 Å². The minimum Gasteiger partial charge on any atom is -0.490 e. The normalized spacial score (nSPS) is 18.9. The Hall–Kier alpha value is -4.20. The molecule has 2 aromatic carbocycles. The number of amides is 2. The second-order valence-electron chi connectivity index (χ2n) is 11.1. The van der Waals surface area contributed by atoms with Gasteiger partial charge in [0.05, 0.1) is 18.0 Å². The van der Waals surface area contributed by atoms with Gasteiger partial charge in [0.25, 0.3) is 5.91 Å². The molecule has 2 saturated heterocycles. The van der Waals surface area contributed by atoms with E-state index in [4.69, 9.17) is 15.9 Å². The number of nitrogens with one attached hydrogen (secondary N) is 2. The van der Waals surface area contributed by atoms with Gasteiger partial charge in [0, 0.05) is 53.5 Å². The number of ether oxygens (including phenoxy) is 1. The van der Waals surface area contributed by atoms with Gasteiger partial charge in [-0.05, 0) is 73.4 Å². The molecule has 8 heteroatoms. The number of aromatic nitrogens is 1. The first-order valence-electron chi connectivity index (χ1n) is 13.9. The molecule has 5 rings (SSSR count). The van der Waals surface area contributed by atoms with Crippen molar-refractivity contribution in [1.82, 2.24) is 15.2 Å². The maximum atomic E-state index is 12.7. The monoisotopic (exact) mass is 557 g/mol. The highest BCUT2D eigenvalue weighted by molar-refractivity contribution is 6.14. The third-order valence-corrected chi connectivity index (χ3v) is 7.05. The first-order valence-corrected chi connectivity index (χ1v) is 13.9. The van der Waals surface area contributed by atoms with E-state index in [-0.39, 0.29) is 37.2 Å². The van der Waals surface area contributed by atoms with Crippen molar-refractivity contribution in [1.29, 1.82) is 5.41 Å². The fraction of sp³-hybridized carbons (Fsp3) is 0.394. The Labute approximate surface area is 243 Å². The van der Waals surface area contributed by atoms with Crippen LogP contribution in [0.25, 0.3) is 0 Å². The summed E-state index contributed by atoms with van der Waals surface area (Å²) in [6.07, 6.45) is 6.52. The van der Waals surface area contributed by atoms with Crippen molar-refractivity contribution < 1.29 is 14.3 Å². The van der Waals surface area contributed by atoms with Crippen LogP contribution in [0.5, 0.6) is 5.75 Å². The highest BCUT2D eigenvalue weighted by Crippen LogP contribution is 2.36. The van der Waals surface area contributed by atoms with Crippen LogP contribution in [0.4, 0.5) is 5.69 Å². The van der Waals surface area contributed by atoms with E-state index >= 15 is 0 Å². The molecule has 4 N–H and O–H groups in total. The molecule has 3 aromatic rings. The van der Waals surface area contributed by atoms with Crippen LogP contribution in [-0.4, -0.2) is 46.1 Å². The fourth-order valence-corrected chi connectivity index (χ4v) is 5.17. The SMILES string of the molecule is C.CC(C)C.N=C(c1ccc(OC2CC3CCC(C2)N3C=O)cc1)c1cc(C(=O)NCc2ccccn2)ccc1N. The summed E-state index contributed by atoms with van der Waals surface area (Å²) in [5.74, 6) is 1.32. The van der Waals surface area contributed by atoms with Crippen molar-refractivity contribution in [2.24, 2.45) is 5.92 Å². The molecule has 2 fully saturated rings. The van der Waals surface area contributed by atoms with E-state index in [9.17, 15) is 9.59 Å². The molecule has 41 heavy (non-hydrogen) atoms. The maximum Gasteiger partial charge on any atom is 0.251 e. The zero-order valence-electron chi connectivity index (χ0n) is 23.5. The van der Waals surface area contributed by atoms with Gasteiger partial charge < -0.3 is 20.7 Å². The van der Waals surface area contributed by atoms with Crippen molar-refractivity contribution in [2.75, 3.05) is 5.73 Å². The molecular formula is C33H43N5O3. The highest BCUT2D eigenvalue weighted by atomic mass is 16.5. The number of nitrogen functional groups attached to an aromatic ring is 1. The average Bonchev–Trinajstić information content (AvgIpc) is 3.20. The van der Waals surface area contributed by atoms with Crippen LogP contribution in [-0.2, 0) is 11.3 Å². The molecule has 0 spiro atoms. The number of anilines is 1. The number of benzene rings is 2. The summed E-state index contributed by atoms with van der Waals surface area (Å²) < 4.78 is 6.21. The zero-order valence-corrected chi connectivity index (χ0v) is 23.5. The molecule has 3 heterocycles. The van der Waals surface area contributed by atoms with Crippen LogP contribution < -0.4 is 15.8 Å². The Morgan fingerprint density at radius 2 is 1.71 bits per heavy atom. The Kier molecular flexibility index (Phi) is 11.0. The van der Waals surface area contributed by atoms with Crippen molar-refractivity contribution in [3.8, 4) is 5.75 Å². The molecule has 218 valence electrons. The Morgan fingerprint density at radius 3 is 2.29 bits per heavy atom. The number of carbonyl (C=O) groups excluding carboxylic acids is 2. The molecule has 0 saturated carbocycles. The van der Waals surface area contributed by atoms with Crippen molar-refractivity contribution >= 4 is 23.7 Å². The van der Waals surface area contributed by atoms with Crippen LogP contribution in [0.1, 0.15) is 81.1 Å². The largest absolute Gasteiger partial charge is 0.490 e. The zero-order chi connectivity index (χ0) is 28.6. The molecular weight excluding hydrogens is 514 g/mol. The van der Waals surface area contributed by atoms with Gasteiger partial charge in [-0.15, -0.1) is 0 Å². The summed E-state index contributed by atoms with van der Waals surface area (Å²) in [4.78, 5) is 30.1. The van der Waals surface area contributed by atoms with Crippen LogP contribution in [0.15, 0.2) is 66.9 Å². The molecule has 2 aliphatic heterocycles. The molecule has 2 atom stereocenters. The van der Waals surface area contributed by atoms with Gasteiger partial charge in [-0.25, -0.2) is 0 Å². The summed E-state index contributed by atoms with van der Waals surface area (Å²) in [5, 5.41) is 11.6. The lowest BCUT2D eigenvalue weighted by Gasteiger charge is -2.36. The van der Waals surface area contributed by atoms with E-state index in [2.05, 4.69) is 31.1 Å². The second-order valence-corrected chi connectivity index (χ2v) is 11.1. The molecule has 2 aliphatic rings. The van der Waals surface area contributed by atoms with Gasteiger partial charge in [0.2, 0.25) is 6.41 Å². The van der Waals surface area contributed by atoms with Crippen molar-refractivity contribution in [3.63, 3.8) is 0 Å². The lowest BCUT2D eigenvalue weighted by atomic mass is 9.98. The quantitative estimate of drug-likeness (QED) is 0.183. The van der Waals surface area contributed by atoms with Crippen molar-refractivity contribution in [3.05, 3.63) is 89.2 Å². The predicted molar refractivity (Wildman–Crippen MR) is 164 cm³/mol. The Morgan fingerprint density at radius 1 is 1.07 bits per heavy atom. The third-order valence-electron chi connectivity index (χ3n) is 7.05. The summed E-state index contributed by atoms with van der Waals surface area (Å²) in [5.41, 5.74) is 9.19. The molecule has 0 radical (unpaired) electrons. The lowest BCUT2D eigenvalue weighted by molar-refractivity contribution is -0.123. The summed E-state index contributed by atoms with van der Waals surface area (Å²) in [6.45, 7) is 6.81. The maximum absolute atomic E-state index is 12.7. The van der Waals surface area contributed by atoms with E-state index < -0.39 is 0 Å². The topological polar surface area (TPSA) is 121 Å². The number of hydrogen-bond acceptors (Lipinski definition) is 6. The molecule has 2 unspecified atom stereocenters. The van der Waals surface area contributed by atoms with E-state index in [1.165, 1.54) is 0 Å². The lowest BCUT2D eigenvalue weighted by Crippen LogP contribution is -2.45. The highest BCUT2D eigenvalue weighted by Gasteiger charge is 2.40. The summed E-state index contributed by atoms with van der Waals surface area (Å²) >= 11 is 0. The summed E-state index contributed by atoms with van der Waals surface area (Å²) in [7, 11) is 0. The number of fused-ring (bicyclic) bond motifs is 2. The Balaban J connectivity index is 0.000000869. The van der Waals surface area contributed by atoms with Gasteiger partial charge >= 0.3 is 0 Å². The minimum absolute atomic E-state index is 0. The third kappa shape index (κ3) is 8.16. The standard InChI is InChI=1S/C28H29N5O3.C4H10.CH4/c29-26-11-6-19(28(35)32-16-20-3-1-2-12-31-20)13-25(26)27(30)18-4-9-23(10-5-18)36-24-14-21-7-8-22(15-24)33(21)17-34;1-4(2)3;/h1-6,9-13,17,21-22,24,30H,7-8,14-16,29H2,(H,32,35);4H,1-3H3;1H4. The number of pyridine rings is 1. The molecule has 1 aromatic heterocycles. The van der Waals surface area contributed by atoms with E-state index in [1.807, 2.05) is 47.4 Å². The smallest absolute Gasteiger partial charge is 0.251 e. The summed E-state index contributed by atoms with van der Waals surface area (Å²) in [6, 6.07) is 18.4. The number of carbonyl (C=O) groups is 2. The van der Waals surface area contributed by atoms with Gasteiger partial charge in [-0.3, -0.25) is 20.0 Å². The molecule has 2 amide bonds.